The molecule has 0 aliphatic carbocycles. The third-order valence-corrected chi connectivity index (χ3v) is 5.06. The Bertz CT molecular complexity index is 917. The van der Waals surface area contributed by atoms with Crippen molar-refractivity contribution < 1.29 is 22.3 Å². The SMILES string of the molecule is CC1(F)COC(N)=NC1(C)c1cc(NCc2nn(C(F)F)cc2Cl)ccc1F. The molecule has 0 amide bonds. The van der Waals surface area contributed by atoms with Gasteiger partial charge in [0.1, 0.15) is 23.7 Å². The number of hydrogen-bond donors (Lipinski definition) is 2. The number of rotatable bonds is 5. The zero-order valence-electron chi connectivity index (χ0n) is 15.0. The minimum atomic E-state index is -2.82. The molecule has 2 unspecified atom stereocenters. The first-order valence-electron chi connectivity index (χ1n) is 8.26. The number of hydrogen-bond acceptors (Lipinski definition) is 5. The molecule has 1 aromatic heterocycles. The third-order valence-electron chi connectivity index (χ3n) is 4.75. The maximum atomic E-state index is 15.1. The summed E-state index contributed by atoms with van der Waals surface area (Å²) in [5, 5.41) is 6.65. The van der Waals surface area contributed by atoms with E-state index >= 15 is 4.39 Å². The van der Waals surface area contributed by atoms with E-state index < -0.39 is 23.6 Å². The summed E-state index contributed by atoms with van der Waals surface area (Å²) in [6, 6.07) is 3.72. The van der Waals surface area contributed by atoms with Gasteiger partial charge in [0.15, 0.2) is 5.67 Å². The molecule has 2 aromatic rings. The normalized spacial score (nSPS) is 24.8. The Balaban J connectivity index is 1.89. The van der Waals surface area contributed by atoms with E-state index in [4.69, 9.17) is 22.1 Å². The molecule has 1 aliphatic rings. The van der Waals surface area contributed by atoms with Crippen LogP contribution in [0.4, 0.5) is 23.2 Å². The molecule has 0 saturated heterocycles. The summed E-state index contributed by atoms with van der Waals surface area (Å²) in [5.74, 6) is -0.671. The standard InChI is InChI=1S/C17H18ClF4N5O/c1-16(22)8-28-15(23)25-17(16,2)10-5-9(3-4-12(10)19)24-6-13-11(18)7-27(26-13)14(20)21/h3-5,7,14,24H,6,8H2,1-2H3,(H2,23,25). The molecule has 11 heteroatoms. The van der Waals surface area contributed by atoms with E-state index in [0.29, 0.717) is 10.4 Å². The predicted octanol–water partition coefficient (Wildman–Crippen LogP) is 3.97. The van der Waals surface area contributed by atoms with Gasteiger partial charge in [-0.2, -0.15) is 13.9 Å². The van der Waals surface area contributed by atoms with Crippen LogP contribution in [-0.2, 0) is 16.8 Å². The quantitative estimate of drug-likeness (QED) is 0.719. The number of nitrogens with one attached hydrogen (secondary N) is 1. The number of amidine groups is 1. The number of nitrogens with zero attached hydrogens (tertiary/aromatic N) is 3. The highest BCUT2D eigenvalue weighted by Gasteiger charge is 2.51. The number of aliphatic imine (C=N–C) groups is 1. The summed E-state index contributed by atoms with van der Waals surface area (Å²) in [6.45, 7) is -0.522. The number of alkyl halides is 3. The van der Waals surface area contributed by atoms with Gasteiger partial charge in [-0.05, 0) is 32.0 Å². The van der Waals surface area contributed by atoms with Gasteiger partial charge in [-0.1, -0.05) is 11.6 Å². The number of anilines is 1. The van der Waals surface area contributed by atoms with Gasteiger partial charge in [0.2, 0.25) is 0 Å². The molecule has 2 atom stereocenters. The second-order valence-corrected chi connectivity index (χ2v) is 7.15. The lowest BCUT2D eigenvalue weighted by Gasteiger charge is -2.40. The van der Waals surface area contributed by atoms with Gasteiger partial charge >= 0.3 is 6.55 Å². The lowest BCUT2D eigenvalue weighted by Crippen LogP contribution is -2.52. The first-order chi connectivity index (χ1) is 13.0. The van der Waals surface area contributed by atoms with Gasteiger partial charge in [0.25, 0.3) is 6.02 Å². The number of ether oxygens (including phenoxy) is 1. The summed E-state index contributed by atoms with van der Waals surface area (Å²) >= 11 is 5.90. The van der Waals surface area contributed by atoms with E-state index in [9.17, 15) is 13.2 Å². The Hall–Kier alpha value is -2.49. The van der Waals surface area contributed by atoms with E-state index in [-0.39, 0.29) is 35.5 Å². The van der Waals surface area contributed by atoms with Gasteiger partial charge < -0.3 is 15.8 Å². The maximum Gasteiger partial charge on any atom is 0.333 e. The van der Waals surface area contributed by atoms with Crippen LogP contribution in [0.15, 0.2) is 29.4 Å². The van der Waals surface area contributed by atoms with Crippen LogP contribution >= 0.6 is 11.6 Å². The molecule has 2 heterocycles. The van der Waals surface area contributed by atoms with Gasteiger partial charge in [-0.3, -0.25) is 0 Å². The van der Waals surface area contributed by atoms with Crippen LogP contribution in [0.1, 0.15) is 31.7 Å². The van der Waals surface area contributed by atoms with E-state index in [1.807, 2.05) is 0 Å². The monoisotopic (exact) mass is 419 g/mol. The lowest BCUT2D eigenvalue weighted by molar-refractivity contribution is 0.00403. The molecule has 28 heavy (non-hydrogen) atoms. The second kappa shape index (κ2) is 7.16. The first kappa shape index (κ1) is 20.2. The highest BCUT2D eigenvalue weighted by Crippen LogP contribution is 2.43. The van der Waals surface area contributed by atoms with E-state index in [1.54, 1.807) is 0 Å². The van der Waals surface area contributed by atoms with Crippen molar-refractivity contribution >= 4 is 23.3 Å². The zero-order chi connectivity index (χ0) is 20.7. The van der Waals surface area contributed by atoms with Crippen molar-refractivity contribution in [1.82, 2.24) is 9.78 Å². The second-order valence-electron chi connectivity index (χ2n) is 6.74. The van der Waals surface area contributed by atoms with Gasteiger partial charge in [0.05, 0.1) is 11.6 Å². The Labute approximate surface area is 163 Å². The average molecular weight is 420 g/mol. The fourth-order valence-electron chi connectivity index (χ4n) is 2.88. The predicted molar refractivity (Wildman–Crippen MR) is 96.7 cm³/mol. The van der Waals surface area contributed by atoms with Crippen molar-refractivity contribution in [3.63, 3.8) is 0 Å². The minimum Gasteiger partial charge on any atom is -0.462 e. The molecule has 3 rings (SSSR count). The maximum absolute atomic E-state index is 15.1. The molecule has 3 N–H and O–H groups in total. The van der Waals surface area contributed by atoms with Crippen molar-refractivity contribution in [3.05, 3.63) is 46.5 Å². The van der Waals surface area contributed by atoms with Crippen LogP contribution in [0.25, 0.3) is 0 Å². The van der Waals surface area contributed by atoms with Crippen LogP contribution in [0, 0.1) is 5.82 Å². The molecule has 0 radical (unpaired) electrons. The number of benzene rings is 1. The van der Waals surface area contributed by atoms with Crippen LogP contribution in [0.5, 0.6) is 0 Å². The third kappa shape index (κ3) is 3.60. The van der Waals surface area contributed by atoms with E-state index in [2.05, 4.69) is 15.4 Å². The Morgan fingerprint density at radius 3 is 2.75 bits per heavy atom. The van der Waals surface area contributed by atoms with Crippen LogP contribution < -0.4 is 11.1 Å². The largest absolute Gasteiger partial charge is 0.462 e. The van der Waals surface area contributed by atoms with Crippen molar-refractivity contribution in [2.24, 2.45) is 10.7 Å². The van der Waals surface area contributed by atoms with Gasteiger partial charge in [-0.15, -0.1) is 0 Å². The molecule has 152 valence electrons. The fraction of sp³-hybridized carbons (Fsp3) is 0.412. The molecule has 6 nitrogen and oxygen atoms in total. The summed E-state index contributed by atoms with van der Waals surface area (Å²) in [7, 11) is 0. The average Bonchev–Trinajstić information content (AvgIpc) is 2.99. The summed E-state index contributed by atoms with van der Waals surface area (Å²) in [6.07, 6.45) is 1.01. The van der Waals surface area contributed by atoms with Crippen molar-refractivity contribution in [2.75, 3.05) is 11.9 Å². The topological polar surface area (TPSA) is 77.5 Å². The molecule has 0 spiro atoms. The van der Waals surface area contributed by atoms with Crippen molar-refractivity contribution in [3.8, 4) is 0 Å². The van der Waals surface area contributed by atoms with Crippen molar-refractivity contribution in [2.45, 2.75) is 38.1 Å². The van der Waals surface area contributed by atoms with Crippen LogP contribution in [0.3, 0.4) is 0 Å². The van der Waals surface area contributed by atoms with E-state index in [1.165, 1.54) is 26.0 Å². The molecule has 1 aliphatic heterocycles. The Morgan fingerprint density at radius 2 is 2.11 bits per heavy atom. The molecular formula is C17H18ClF4N5O. The highest BCUT2D eigenvalue weighted by atomic mass is 35.5. The summed E-state index contributed by atoms with van der Waals surface area (Å²) < 4.78 is 60.4. The minimum absolute atomic E-state index is 0.00174. The Morgan fingerprint density at radius 1 is 1.39 bits per heavy atom. The molecule has 0 fully saturated rings. The van der Waals surface area contributed by atoms with Crippen molar-refractivity contribution in [1.29, 1.82) is 0 Å². The zero-order valence-corrected chi connectivity index (χ0v) is 15.8. The van der Waals surface area contributed by atoms with Crippen LogP contribution in [-0.4, -0.2) is 28.1 Å². The van der Waals surface area contributed by atoms with E-state index in [0.717, 1.165) is 12.3 Å². The molecule has 0 saturated carbocycles. The molecular weight excluding hydrogens is 402 g/mol. The number of halogens is 5. The lowest BCUT2D eigenvalue weighted by atomic mass is 9.78. The number of nitrogens with two attached hydrogens (primary N) is 1. The highest BCUT2D eigenvalue weighted by molar-refractivity contribution is 6.31. The van der Waals surface area contributed by atoms with Crippen LogP contribution in [0.2, 0.25) is 5.02 Å². The molecule has 0 bridgehead atoms. The summed E-state index contributed by atoms with van der Waals surface area (Å²) in [5.41, 5.74) is 2.49. The van der Waals surface area contributed by atoms with Gasteiger partial charge in [0, 0.05) is 17.4 Å². The first-order valence-corrected chi connectivity index (χ1v) is 8.64. The number of aromatic nitrogens is 2. The molecule has 1 aromatic carbocycles. The van der Waals surface area contributed by atoms with Gasteiger partial charge in [-0.25, -0.2) is 18.5 Å². The fourth-order valence-corrected chi connectivity index (χ4v) is 3.09. The Kier molecular flexibility index (Phi) is 5.18. The summed E-state index contributed by atoms with van der Waals surface area (Å²) in [4.78, 5) is 4.00. The smallest absolute Gasteiger partial charge is 0.333 e.